The molecule has 3 nitrogen and oxygen atoms in total. The molecule has 0 amide bonds. The molecular weight excluding hydrogens is 234 g/mol. The van der Waals surface area contributed by atoms with Crippen LogP contribution in [0, 0.1) is 6.92 Å². The molecule has 2 aromatic carbocycles. The number of nitrogens with zero attached hydrogens (tertiary/aromatic N) is 2. The molecule has 96 valence electrons. The standard InChI is InChI=1S/C16H17N3/c1-12-7-3-4-8-13(12)11-19(2)16-17-14-9-5-6-10-15(14)18-16/h3-10H,11H2,1-2H3,(H,17,18). The Kier molecular flexibility index (Phi) is 2.95. The van der Waals surface area contributed by atoms with Crippen molar-refractivity contribution in [1.29, 1.82) is 0 Å². The first-order valence-electron chi connectivity index (χ1n) is 6.44. The minimum atomic E-state index is 0.854. The van der Waals surface area contributed by atoms with Gasteiger partial charge in [0.25, 0.3) is 0 Å². The van der Waals surface area contributed by atoms with Crippen molar-refractivity contribution >= 4 is 17.0 Å². The van der Waals surface area contributed by atoms with E-state index in [4.69, 9.17) is 0 Å². The molecule has 3 heteroatoms. The molecule has 0 bridgehead atoms. The molecule has 19 heavy (non-hydrogen) atoms. The number of hydrogen-bond donors (Lipinski definition) is 1. The van der Waals surface area contributed by atoms with Gasteiger partial charge >= 0.3 is 0 Å². The Balaban J connectivity index is 1.87. The fraction of sp³-hybridized carbons (Fsp3) is 0.188. The molecule has 0 radical (unpaired) electrons. The number of aromatic nitrogens is 2. The molecule has 0 saturated carbocycles. The van der Waals surface area contributed by atoms with Gasteiger partial charge in [-0.05, 0) is 30.2 Å². The van der Waals surface area contributed by atoms with E-state index in [2.05, 4.69) is 53.1 Å². The zero-order valence-electron chi connectivity index (χ0n) is 11.2. The van der Waals surface area contributed by atoms with E-state index in [0.29, 0.717) is 0 Å². The highest BCUT2D eigenvalue weighted by Crippen LogP contribution is 2.18. The molecule has 1 heterocycles. The van der Waals surface area contributed by atoms with Crippen LogP contribution in [-0.4, -0.2) is 17.0 Å². The van der Waals surface area contributed by atoms with Gasteiger partial charge in [0.1, 0.15) is 0 Å². The van der Waals surface area contributed by atoms with Crippen LogP contribution in [0.5, 0.6) is 0 Å². The van der Waals surface area contributed by atoms with E-state index in [9.17, 15) is 0 Å². The van der Waals surface area contributed by atoms with E-state index in [1.165, 1.54) is 11.1 Å². The lowest BCUT2D eigenvalue weighted by Crippen LogP contribution is -2.18. The van der Waals surface area contributed by atoms with Crippen molar-refractivity contribution in [3.63, 3.8) is 0 Å². The molecule has 1 aromatic heterocycles. The molecule has 0 atom stereocenters. The highest BCUT2D eigenvalue weighted by molar-refractivity contribution is 5.77. The van der Waals surface area contributed by atoms with Crippen LogP contribution in [0.3, 0.4) is 0 Å². The number of aromatic amines is 1. The average molecular weight is 251 g/mol. The van der Waals surface area contributed by atoms with Gasteiger partial charge in [-0.2, -0.15) is 0 Å². The number of para-hydroxylation sites is 2. The van der Waals surface area contributed by atoms with Crippen LogP contribution in [-0.2, 0) is 6.54 Å². The number of rotatable bonds is 3. The topological polar surface area (TPSA) is 31.9 Å². The maximum atomic E-state index is 4.61. The maximum Gasteiger partial charge on any atom is 0.203 e. The third kappa shape index (κ3) is 2.32. The molecule has 0 aliphatic heterocycles. The molecule has 0 saturated heterocycles. The predicted molar refractivity (Wildman–Crippen MR) is 79.4 cm³/mol. The van der Waals surface area contributed by atoms with Gasteiger partial charge in [0, 0.05) is 13.6 Å². The normalized spacial score (nSPS) is 10.8. The third-order valence-corrected chi connectivity index (χ3v) is 3.41. The van der Waals surface area contributed by atoms with E-state index in [1.54, 1.807) is 0 Å². The number of hydrogen-bond acceptors (Lipinski definition) is 2. The number of imidazole rings is 1. The lowest BCUT2D eigenvalue weighted by Gasteiger charge is -2.17. The van der Waals surface area contributed by atoms with Crippen LogP contribution in [0.4, 0.5) is 5.95 Å². The van der Waals surface area contributed by atoms with Crippen molar-refractivity contribution in [3.8, 4) is 0 Å². The Labute approximate surface area is 112 Å². The van der Waals surface area contributed by atoms with Gasteiger partial charge < -0.3 is 9.88 Å². The lowest BCUT2D eigenvalue weighted by atomic mass is 10.1. The van der Waals surface area contributed by atoms with Gasteiger partial charge in [-0.3, -0.25) is 0 Å². The predicted octanol–water partition coefficient (Wildman–Crippen LogP) is 3.51. The summed E-state index contributed by atoms with van der Waals surface area (Å²) in [6.07, 6.45) is 0. The number of benzene rings is 2. The van der Waals surface area contributed by atoms with Crippen LogP contribution in [0.2, 0.25) is 0 Å². The summed E-state index contributed by atoms with van der Waals surface area (Å²) in [6.45, 7) is 2.99. The van der Waals surface area contributed by atoms with Crippen LogP contribution < -0.4 is 4.90 Å². The van der Waals surface area contributed by atoms with Gasteiger partial charge in [0.2, 0.25) is 5.95 Å². The monoisotopic (exact) mass is 251 g/mol. The number of H-pyrrole nitrogens is 1. The Morgan fingerprint density at radius 1 is 1.05 bits per heavy atom. The van der Waals surface area contributed by atoms with Crippen molar-refractivity contribution in [2.75, 3.05) is 11.9 Å². The quantitative estimate of drug-likeness (QED) is 0.772. The van der Waals surface area contributed by atoms with Crippen LogP contribution >= 0.6 is 0 Å². The smallest absolute Gasteiger partial charge is 0.203 e. The van der Waals surface area contributed by atoms with E-state index in [-0.39, 0.29) is 0 Å². The average Bonchev–Trinajstić information content (AvgIpc) is 2.85. The molecule has 0 fully saturated rings. The van der Waals surface area contributed by atoms with Gasteiger partial charge in [-0.25, -0.2) is 4.98 Å². The van der Waals surface area contributed by atoms with Crippen LogP contribution in [0.15, 0.2) is 48.5 Å². The Hall–Kier alpha value is -2.29. The summed E-state index contributed by atoms with van der Waals surface area (Å²) in [5, 5.41) is 0. The minimum absolute atomic E-state index is 0.854. The summed E-state index contributed by atoms with van der Waals surface area (Å²) >= 11 is 0. The summed E-state index contributed by atoms with van der Waals surface area (Å²) in [4.78, 5) is 10.1. The Bertz CT molecular complexity index is 667. The van der Waals surface area contributed by atoms with Gasteiger partial charge in [-0.15, -0.1) is 0 Å². The fourth-order valence-electron chi connectivity index (χ4n) is 2.24. The second-order valence-corrected chi connectivity index (χ2v) is 4.86. The van der Waals surface area contributed by atoms with Crippen molar-refractivity contribution in [1.82, 2.24) is 9.97 Å². The van der Waals surface area contributed by atoms with Crippen molar-refractivity contribution in [3.05, 3.63) is 59.7 Å². The molecule has 0 unspecified atom stereocenters. The van der Waals surface area contributed by atoms with Crippen molar-refractivity contribution in [2.24, 2.45) is 0 Å². The summed E-state index contributed by atoms with van der Waals surface area (Å²) in [5.74, 6) is 0.907. The van der Waals surface area contributed by atoms with Gasteiger partial charge in [-0.1, -0.05) is 36.4 Å². The van der Waals surface area contributed by atoms with Crippen LogP contribution in [0.1, 0.15) is 11.1 Å². The first-order valence-corrected chi connectivity index (χ1v) is 6.44. The second-order valence-electron chi connectivity index (χ2n) is 4.86. The molecule has 3 rings (SSSR count). The molecular formula is C16H17N3. The SMILES string of the molecule is Cc1ccccc1CN(C)c1nc2ccccc2[nH]1. The first kappa shape index (κ1) is 11.8. The number of fused-ring (bicyclic) bond motifs is 1. The number of anilines is 1. The minimum Gasteiger partial charge on any atom is -0.341 e. The Morgan fingerprint density at radius 2 is 1.79 bits per heavy atom. The third-order valence-electron chi connectivity index (χ3n) is 3.41. The van der Waals surface area contributed by atoms with Crippen molar-refractivity contribution < 1.29 is 0 Å². The van der Waals surface area contributed by atoms with E-state index < -0.39 is 0 Å². The maximum absolute atomic E-state index is 4.61. The second kappa shape index (κ2) is 4.76. The molecule has 3 aromatic rings. The largest absolute Gasteiger partial charge is 0.341 e. The highest BCUT2D eigenvalue weighted by atomic mass is 15.2. The summed E-state index contributed by atoms with van der Waals surface area (Å²) in [6, 6.07) is 16.6. The first-order chi connectivity index (χ1) is 9.24. The van der Waals surface area contributed by atoms with Gasteiger partial charge in [0.05, 0.1) is 11.0 Å². The zero-order valence-corrected chi connectivity index (χ0v) is 11.2. The summed E-state index contributed by atoms with van der Waals surface area (Å²) in [7, 11) is 2.06. The van der Waals surface area contributed by atoms with E-state index in [0.717, 1.165) is 23.5 Å². The molecule has 0 aliphatic rings. The summed E-state index contributed by atoms with van der Waals surface area (Å²) in [5.41, 5.74) is 4.72. The van der Waals surface area contributed by atoms with Crippen molar-refractivity contribution in [2.45, 2.75) is 13.5 Å². The van der Waals surface area contributed by atoms with E-state index in [1.807, 2.05) is 24.3 Å². The van der Waals surface area contributed by atoms with Gasteiger partial charge in [0.15, 0.2) is 0 Å². The number of nitrogens with one attached hydrogen (secondary N) is 1. The molecule has 0 aliphatic carbocycles. The Morgan fingerprint density at radius 3 is 2.58 bits per heavy atom. The van der Waals surface area contributed by atoms with E-state index >= 15 is 0 Å². The molecule has 0 spiro atoms. The van der Waals surface area contributed by atoms with Crippen LogP contribution in [0.25, 0.3) is 11.0 Å². The molecule has 1 N–H and O–H groups in total. The zero-order chi connectivity index (χ0) is 13.2. The number of aryl methyl sites for hydroxylation is 1. The highest BCUT2D eigenvalue weighted by Gasteiger charge is 2.08. The fourth-order valence-corrected chi connectivity index (χ4v) is 2.24. The summed E-state index contributed by atoms with van der Waals surface area (Å²) < 4.78 is 0. The lowest BCUT2D eigenvalue weighted by molar-refractivity contribution is 0.878.